The van der Waals surface area contributed by atoms with Crippen molar-refractivity contribution in [3.63, 3.8) is 0 Å². The summed E-state index contributed by atoms with van der Waals surface area (Å²) in [7, 11) is 2.05. The van der Waals surface area contributed by atoms with Crippen LogP contribution in [-0.4, -0.2) is 36.3 Å². The van der Waals surface area contributed by atoms with Crippen LogP contribution in [0.2, 0.25) is 0 Å². The normalized spacial score (nSPS) is 19.5. The van der Waals surface area contributed by atoms with Gasteiger partial charge in [0.05, 0.1) is 17.9 Å². The number of hydrogen-bond acceptors (Lipinski definition) is 3. The zero-order chi connectivity index (χ0) is 15.0. The van der Waals surface area contributed by atoms with Crippen molar-refractivity contribution in [2.24, 2.45) is 0 Å². The van der Waals surface area contributed by atoms with Crippen molar-refractivity contribution in [3.8, 4) is 0 Å². The molecule has 0 N–H and O–H groups in total. The van der Waals surface area contributed by atoms with Crippen LogP contribution in [0.3, 0.4) is 0 Å². The molecule has 3 rings (SSSR count). The Morgan fingerprint density at radius 3 is 2.67 bits per heavy atom. The van der Waals surface area contributed by atoms with Crippen molar-refractivity contribution in [2.45, 2.75) is 38.1 Å². The van der Waals surface area contributed by atoms with Gasteiger partial charge in [0.25, 0.3) is 5.78 Å². The Morgan fingerprint density at radius 2 is 1.95 bits per heavy atom. The largest absolute Gasteiger partial charge is 0.300 e. The molecule has 21 heavy (non-hydrogen) atoms. The summed E-state index contributed by atoms with van der Waals surface area (Å²) < 4.78 is 0.824. The molecular formula is C16H19BrN2O2. The maximum Gasteiger partial charge on any atom is 0.300 e. The number of fused-ring (bicyclic) bond motifs is 1. The quantitative estimate of drug-likeness (QED) is 0.786. The Labute approximate surface area is 133 Å². The fourth-order valence-corrected chi connectivity index (χ4v) is 3.63. The van der Waals surface area contributed by atoms with Crippen LogP contribution in [0.25, 0.3) is 0 Å². The Kier molecular flexibility index (Phi) is 4.13. The van der Waals surface area contributed by atoms with Crippen molar-refractivity contribution >= 4 is 33.3 Å². The van der Waals surface area contributed by atoms with E-state index in [1.54, 1.807) is 11.0 Å². The van der Waals surface area contributed by atoms with Crippen LogP contribution in [0.5, 0.6) is 0 Å². The lowest BCUT2D eigenvalue weighted by atomic mass is 9.95. The van der Waals surface area contributed by atoms with E-state index >= 15 is 0 Å². The number of rotatable bonds is 3. The minimum absolute atomic E-state index is 0.400. The van der Waals surface area contributed by atoms with Crippen molar-refractivity contribution in [1.29, 1.82) is 0 Å². The third kappa shape index (κ3) is 2.77. The van der Waals surface area contributed by atoms with Gasteiger partial charge in [-0.15, -0.1) is 0 Å². The summed E-state index contributed by atoms with van der Waals surface area (Å²) in [5, 5.41) is 0. The molecule has 1 aliphatic heterocycles. The van der Waals surface area contributed by atoms with Gasteiger partial charge in [0.1, 0.15) is 0 Å². The molecule has 1 saturated carbocycles. The molecule has 0 unspecified atom stereocenters. The van der Waals surface area contributed by atoms with Crippen LogP contribution < -0.4 is 4.90 Å². The van der Waals surface area contributed by atoms with Gasteiger partial charge in [-0.3, -0.25) is 19.4 Å². The van der Waals surface area contributed by atoms with E-state index in [9.17, 15) is 9.59 Å². The summed E-state index contributed by atoms with van der Waals surface area (Å²) >= 11 is 3.35. The van der Waals surface area contributed by atoms with Gasteiger partial charge in [-0.2, -0.15) is 0 Å². The van der Waals surface area contributed by atoms with Crippen molar-refractivity contribution in [1.82, 2.24) is 4.90 Å². The minimum atomic E-state index is -0.411. The molecule has 5 heteroatoms. The van der Waals surface area contributed by atoms with E-state index in [2.05, 4.69) is 20.8 Å². The minimum Gasteiger partial charge on any atom is -0.291 e. The molecule has 0 atom stereocenters. The van der Waals surface area contributed by atoms with Gasteiger partial charge in [0.15, 0.2) is 0 Å². The molecule has 0 bridgehead atoms. The van der Waals surface area contributed by atoms with Crippen LogP contribution in [0.4, 0.5) is 5.69 Å². The van der Waals surface area contributed by atoms with Crippen molar-refractivity contribution in [2.75, 3.05) is 18.6 Å². The van der Waals surface area contributed by atoms with E-state index in [-0.39, 0.29) is 0 Å². The van der Waals surface area contributed by atoms with Crippen LogP contribution in [0.15, 0.2) is 22.7 Å². The van der Waals surface area contributed by atoms with Crippen LogP contribution in [0, 0.1) is 0 Å². The van der Waals surface area contributed by atoms with Gasteiger partial charge in [0.2, 0.25) is 0 Å². The monoisotopic (exact) mass is 350 g/mol. The SMILES string of the molecule is CN(CN1C(=O)C(=O)c2cc(Br)ccc21)C1CCCCC1. The van der Waals surface area contributed by atoms with E-state index in [0.717, 1.165) is 10.2 Å². The fraction of sp³-hybridized carbons (Fsp3) is 0.500. The first kappa shape index (κ1) is 14.7. The molecule has 2 aliphatic rings. The number of nitrogens with zero attached hydrogens (tertiary/aromatic N) is 2. The van der Waals surface area contributed by atoms with Gasteiger partial charge >= 0.3 is 5.91 Å². The topological polar surface area (TPSA) is 40.6 Å². The highest BCUT2D eigenvalue weighted by Gasteiger charge is 2.37. The number of ketones is 1. The van der Waals surface area contributed by atoms with E-state index in [4.69, 9.17) is 0 Å². The van der Waals surface area contributed by atoms with Gasteiger partial charge < -0.3 is 0 Å². The van der Waals surface area contributed by atoms with Crippen molar-refractivity contribution < 1.29 is 9.59 Å². The number of carbonyl (C=O) groups excluding carboxylic acids is 2. The standard InChI is InChI=1S/C16H19BrN2O2/c1-18(12-5-3-2-4-6-12)10-19-14-8-7-11(17)9-13(14)15(20)16(19)21/h7-9,12H,2-6,10H2,1H3. The van der Waals surface area contributed by atoms with E-state index in [1.165, 1.54) is 32.1 Å². The third-order valence-corrected chi connectivity index (χ3v) is 4.99. The first-order valence-electron chi connectivity index (χ1n) is 7.44. The molecule has 112 valence electrons. The zero-order valence-electron chi connectivity index (χ0n) is 12.1. The lowest BCUT2D eigenvalue weighted by Crippen LogP contribution is -2.44. The van der Waals surface area contributed by atoms with Crippen LogP contribution in [0.1, 0.15) is 42.5 Å². The predicted octanol–water partition coefficient (Wildman–Crippen LogP) is 3.20. The summed E-state index contributed by atoms with van der Waals surface area (Å²) in [5.41, 5.74) is 1.24. The predicted molar refractivity (Wildman–Crippen MR) is 85.5 cm³/mol. The smallest absolute Gasteiger partial charge is 0.291 e. The zero-order valence-corrected chi connectivity index (χ0v) is 13.7. The molecule has 1 aromatic rings. The molecule has 0 radical (unpaired) electrons. The number of anilines is 1. The molecule has 1 amide bonds. The first-order chi connectivity index (χ1) is 10.1. The highest BCUT2D eigenvalue weighted by molar-refractivity contribution is 9.10. The second kappa shape index (κ2) is 5.89. The molecule has 1 aromatic carbocycles. The van der Waals surface area contributed by atoms with E-state index in [1.807, 2.05) is 19.2 Å². The number of Topliss-reactive ketones (excluding diaryl/α,β-unsaturated/α-hetero) is 1. The highest BCUT2D eigenvalue weighted by atomic mass is 79.9. The van der Waals surface area contributed by atoms with Crippen LogP contribution >= 0.6 is 15.9 Å². The second-order valence-corrected chi connectivity index (χ2v) is 6.83. The maximum absolute atomic E-state index is 12.2. The second-order valence-electron chi connectivity index (χ2n) is 5.91. The number of amides is 1. The highest BCUT2D eigenvalue weighted by Crippen LogP contribution is 2.32. The number of benzene rings is 1. The maximum atomic E-state index is 12.2. The lowest BCUT2D eigenvalue weighted by Gasteiger charge is -2.33. The van der Waals surface area contributed by atoms with E-state index < -0.39 is 11.7 Å². The van der Waals surface area contributed by atoms with Gasteiger partial charge in [-0.05, 0) is 38.1 Å². The van der Waals surface area contributed by atoms with Crippen molar-refractivity contribution in [3.05, 3.63) is 28.2 Å². The summed E-state index contributed by atoms with van der Waals surface area (Å²) in [6.07, 6.45) is 6.18. The Bertz CT molecular complexity index is 582. The van der Waals surface area contributed by atoms with Gasteiger partial charge in [-0.1, -0.05) is 35.2 Å². The Morgan fingerprint density at radius 1 is 1.24 bits per heavy atom. The lowest BCUT2D eigenvalue weighted by molar-refractivity contribution is -0.114. The number of halogens is 1. The summed E-state index contributed by atoms with van der Waals surface area (Å²) in [4.78, 5) is 28.1. The average Bonchev–Trinajstić information content (AvgIpc) is 2.73. The molecule has 1 fully saturated rings. The first-order valence-corrected chi connectivity index (χ1v) is 8.23. The fourth-order valence-electron chi connectivity index (χ4n) is 3.27. The molecule has 0 spiro atoms. The van der Waals surface area contributed by atoms with Crippen LogP contribution in [-0.2, 0) is 4.79 Å². The van der Waals surface area contributed by atoms with E-state index in [0.29, 0.717) is 18.3 Å². The molecule has 1 heterocycles. The molecule has 0 aromatic heterocycles. The molecule has 0 saturated heterocycles. The molecule has 4 nitrogen and oxygen atoms in total. The van der Waals surface area contributed by atoms with Gasteiger partial charge in [0, 0.05) is 10.5 Å². The summed E-state index contributed by atoms with van der Waals surface area (Å²) in [6.45, 7) is 0.490. The Balaban J connectivity index is 1.79. The Hall–Kier alpha value is -1.20. The molecular weight excluding hydrogens is 332 g/mol. The number of hydrogen-bond donors (Lipinski definition) is 0. The average molecular weight is 351 g/mol. The summed E-state index contributed by atoms with van der Waals surface area (Å²) in [5.74, 6) is -0.811. The summed E-state index contributed by atoms with van der Waals surface area (Å²) in [6, 6.07) is 5.96. The number of carbonyl (C=O) groups is 2. The van der Waals surface area contributed by atoms with Gasteiger partial charge in [-0.25, -0.2) is 0 Å². The molecule has 1 aliphatic carbocycles. The third-order valence-electron chi connectivity index (χ3n) is 4.50.